The van der Waals surface area contributed by atoms with E-state index in [0.29, 0.717) is 30.3 Å². The van der Waals surface area contributed by atoms with Crippen molar-refractivity contribution in [3.05, 3.63) is 65.2 Å². The van der Waals surface area contributed by atoms with E-state index in [0.717, 1.165) is 25.9 Å². The summed E-state index contributed by atoms with van der Waals surface area (Å²) in [5.41, 5.74) is 3.78. The summed E-state index contributed by atoms with van der Waals surface area (Å²) in [6.45, 7) is 5.15. The van der Waals surface area contributed by atoms with Crippen LogP contribution in [0.25, 0.3) is 0 Å². The zero-order chi connectivity index (χ0) is 18.8. The predicted molar refractivity (Wildman–Crippen MR) is 105 cm³/mol. The third-order valence-corrected chi connectivity index (χ3v) is 5.58. The molecule has 0 bridgehead atoms. The van der Waals surface area contributed by atoms with Gasteiger partial charge in [-0.3, -0.25) is 4.79 Å². The summed E-state index contributed by atoms with van der Waals surface area (Å²) in [7, 11) is 0. The number of nitrogens with zero attached hydrogens (tertiary/aromatic N) is 2. The molecule has 1 fully saturated rings. The molecule has 2 aromatic carbocycles. The number of rotatable bonds is 2. The van der Waals surface area contributed by atoms with Crippen molar-refractivity contribution >= 4 is 17.6 Å². The first-order valence-corrected chi connectivity index (χ1v) is 9.62. The van der Waals surface area contributed by atoms with Crippen LogP contribution in [-0.4, -0.2) is 34.8 Å². The maximum Gasteiger partial charge on any atom is 0.322 e. The van der Waals surface area contributed by atoms with Crippen LogP contribution >= 0.6 is 0 Å². The average molecular weight is 363 g/mol. The zero-order valence-electron chi connectivity index (χ0n) is 15.6. The van der Waals surface area contributed by atoms with Gasteiger partial charge in [-0.05, 0) is 54.2 Å². The predicted octanol–water partition coefficient (Wildman–Crippen LogP) is 4.11. The summed E-state index contributed by atoms with van der Waals surface area (Å²) in [6.07, 6.45) is 2.14. The molecule has 1 saturated heterocycles. The first-order chi connectivity index (χ1) is 13.1. The molecule has 27 heavy (non-hydrogen) atoms. The van der Waals surface area contributed by atoms with Gasteiger partial charge in [0.25, 0.3) is 5.91 Å². The molecule has 0 spiro atoms. The largest absolute Gasteiger partial charge is 0.339 e. The third-order valence-electron chi connectivity index (χ3n) is 5.58. The van der Waals surface area contributed by atoms with Crippen LogP contribution in [0.1, 0.15) is 41.3 Å². The number of benzene rings is 2. The zero-order valence-corrected chi connectivity index (χ0v) is 15.6. The molecule has 2 heterocycles. The van der Waals surface area contributed by atoms with Crippen molar-refractivity contribution < 1.29 is 9.59 Å². The van der Waals surface area contributed by atoms with Gasteiger partial charge in [0.15, 0.2) is 0 Å². The van der Waals surface area contributed by atoms with E-state index in [-0.39, 0.29) is 11.9 Å². The molecule has 2 aliphatic heterocycles. The minimum absolute atomic E-state index is 0.0785. The van der Waals surface area contributed by atoms with E-state index in [4.69, 9.17) is 0 Å². The number of carbonyl (C=O) groups is 2. The highest BCUT2D eigenvalue weighted by molar-refractivity contribution is 5.95. The average Bonchev–Trinajstić information content (AvgIpc) is 3.13. The fourth-order valence-corrected chi connectivity index (χ4v) is 3.77. The summed E-state index contributed by atoms with van der Waals surface area (Å²) in [5.74, 6) is 0.776. The Morgan fingerprint density at radius 3 is 2.07 bits per heavy atom. The van der Waals surface area contributed by atoms with Crippen molar-refractivity contribution in [1.29, 1.82) is 0 Å². The van der Waals surface area contributed by atoms with Gasteiger partial charge in [-0.1, -0.05) is 31.2 Å². The molecule has 0 aromatic heterocycles. The van der Waals surface area contributed by atoms with E-state index >= 15 is 0 Å². The number of urea groups is 1. The molecule has 140 valence electrons. The van der Waals surface area contributed by atoms with Crippen LogP contribution in [0.5, 0.6) is 0 Å². The highest BCUT2D eigenvalue weighted by atomic mass is 16.2. The van der Waals surface area contributed by atoms with Gasteiger partial charge in [-0.25, -0.2) is 4.79 Å². The maximum absolute atomic E-state index is 12.6. The van der Waals surface area contributed by atoms with Crippen molar-refractivity contribution in [3.8, 4) is 0 Å². The summed E-state index contributed by atoms with van der Waals surface area (Å²) < 4.78 is 0. The van der Waals surface area contributed by atoms with Crippen molar-refractivity contribution in [3.63, 3.8) is 0 Å². The van der Waals surface area contributed by atoms with Crippen LogP contribution in [0.15, 0.2) is 48.5 Å². The number of hydrogen-bond acceptors (Lipinski definition) is 2. The van der Waals surface area contributed by atoms with Gasteiger partial charge in [0, 0.05) is 37.4 Å². The molecular weight excluding hydrogens is 338 g/mol. The van der Waals surface area contributed by atoms with Crippen molar-refractivity contribution in [2.45, 2.75) is 32.9 Å². The lowest BCUT2D eigenvalue weighted by Crippen LogP contribution is -2.37. The number of hydrogen-bond donors (Lipinski definition) is 1. The lowest BCUT2D eigenvalue weighted by atomic mass is 9.98. The van der Waals surface area contributed by atoms with Crippen LogP contribution in [0.2, 0.25) is 0 Å². The second-order valence-electron chi connectivity index (χ2n) is 7.61. The molecule has 0 unspecified atom stereocenters. The molecule has 0 aliphatic carbocycles. The summed E-state index contributed by atoms with van der Waals surface area (Å²) >= 11 is 0. The van der Waals surface area contributed by atoms with E-state index in [1.807, 2.05) is 17.0 Å². The van der Waals surface area contributed by atoms with Crippen LogP contribution in [-0.2, 0) is 13.1 Å². The van der Waals surface area contributed by atoms with E-state index < -0.39 is 0 Å². The van der Waals surface area contributed by atoms with Crippen molar-refractivity contribution in [1.82, 2.24) is 9.80 Å². The lowest BCUT2D eigenvalue weighted by Gasteiger charge is -2.30. The number of carbonyl (C=O) groups excluding carboxylic acids is 2. The fraction of sp³-hybridized carbons (Fsp3) is 0.364. The minimum atomic E-state index is -0.115. The molecule has 4 rings (SSSR count). The first-order valence-electron chi connectivity index (χ1n) is 9.62. The number of anilines is 1. The number of likely N-dealkylation sites (tertiary alicyclic amines) is 1. The van der Waals surface area contributed by atoms with Gasteiger partial charge in [-0.2, -0.15) is 0 Å². The molecule has 2 aromatic rings. The minimum Gasteiger partial charge on any atom is -0.339 e. The van der Waals surface area contributed by atoms with E-state index in [1.54, 1.807) is 29.2 Å². The molecular formula is C22H25N3O2. The van der Waals surface area contributed by atoms with Gasteiger partial charge in [0.2, 0.25) is 0 Å². The van der Waals surface area contributed by atoms with Crippen LogP contribution < -0.4 is 5.32 Å². The van der Waals surface area contributed by atoms with Gasteiger partial charge in [0.05, 0.1) is 0 Å². The van der Waals surface area contributed by atoms with Gasteiger partial charge in [-0.15, -0.1) is 0 Å². The van der Waals surface area contributed by atoms with Crippen LogP contribution in [0.3, 0.4) is 0 Å². The van der Waals surface area contributed by atoms with E-state index in [9.17, 15) is 9.59 Å². The molecule has 5 nitrogen and oxygen atoms in total. The Hall–Kier alpha value is -2.82. The monoisotopic (exact) mass is 363 g/mol. The number of amides is 3. The SMILES string of the molecule is CC1CCN(C(=O)c2ccc(NC(=O)N3Cc4ccccc4C3)cc2)CC1. The van der Waals surface area contributed by atoms with Gasteiger partial charge < -0.3 is 15.1 Å². The van der Waals surface area contributed by atoms with Gasteiger partial charge in [0.1, 0.15) is 0 Å². The molecule has 0 radical (unpaired) electrons. The topological polar surface area (TPSA) is 52.7 Å². The molecule has 5 heteroatoms. The highest BCUT2D eigenvalue weighted by Gasteiger charge is 2.23. The Morgan fingerprint density at radius 1 is 0.889 bits per heavy atom. The maximum atomic E-state index is 12.6. The number of fused-ring (bicyclic) bond motifs is 1. The second-order valence-corrected chi connectivity index (χ2v) is 7.61. The van der Waals surface area contributed by atoms with E-state index in [2.05, 4.69) is 24.4 Å². The summed E-state index contributed by atoms with van der Waals surface area (Å²) in [5, 5.41) is 2.93. The standard InChI is InChI=1S/C22H25N3O2/c1-16-10-12-24(13-11-16)21(26)17-6-8-20(9-7-17)23-22(27)25-14-18-4-2-3-5-19(18)15-25/h2-9,16H,10-15H2,1H3,(H,23,27). The Bertz CT molecular complexity index is 814. The van der Waals surface area contributed by atoms with Crippen LogP contribution in [0.4, 0.5) is 10.5 Å². The Morgan fingerprint density at radius 2 is 1.48 bits per heavy atom. The van der Waals surface area contributed by atoms with Crippen molar-refractivity contribution in [2.75, 3.05) is 18.4 Å². The molecule has 0 saturated carbocycles. The first kappa shape index (κ1) is 17.6. The third kappa shape index (κ3) is 3.82. The molecule has 2 aliphatic rings. The Kier molecular flexibility index (Phi) is 4.84. The molecule has 0 atom stereocenters. The van der Waals surface area contributed by atoms with E-state index in [1.165, 1.54) is 11.1 Å². The fourth-order valence-electron chi connectivity index (χ4n) is 3.77. The lowest BCUT2D eigenvalue weighted by molar-refractivity contribution is 0.0697. The van der Waals surface area contributed by atoms with Gasteiger partial charge >= 0.3 is 6.03 Å². The Labute approximate surface area is 160 Å². The van der Waals surface area contributed by atoms with Crippen LogP contribution in [0, 0.1) is 5.92 Å². The highest BCUT2D eigenvalue weighted by Crippen LogP contribution is 2.23. The number of nitrogens with one attached hydrogen (secondary N) is 1. The Balaban J connectivity index is 1.35. The second kappa shape index (κ2) is 7.43. The number of piperidine rings is 1. The normalized spacial score (nSPS) is 16.9. The van der Waals surface area contributed by atoms with Crippen molar-refractivity contribution in [2.24, 2.45) is 5.92 Å². The smallest absolute Gasteiger partial charge is 0.322 e. The quantitative estimate of drug-likeness (QED) is 0.873. The molecule has 1 N–H and O–H groups in total. The summed E-state index contributed by atoms with van der Waals surface area (Å²) in [4.78, 5) is 28.8. The summed E-state index contributed by atoms with van der Waals surface area (Å²) in [6, 6.07) is 15.2. The molecule has 3 amide bonds.